The Morgan fingerprint density at radius 3 is 2.81 bits per heavy atom. The van der Waals surface area contributed by atoms with Crippen LogP contribution >= 0.6 is 0 Å². The van der Waals surface area contributed by atoms with Gasteiger partial charge in [-0.3, -0.25) is 4.90 Å². The summed E-state index contributed by atoms with van der Waals surface area (Å²) < 4.78 is 5.75. The second kappa shape index (κ2) is 5.24. The third kappa shape index (κ3) is 2.47. The molecule has 21 heavy (non-hydrogen) atoms. The monoisotopic (exact) mass is 285 g/mol. The summed E-state index contributed by atoms with van der Waals surface area (Å²) >= 11 is 0. The van der Waals surface area contributed by atoms with Gasteiger partial charge in [-0.25, -0.2) is 0 Å². The second-order valence-corrected chi connectivity index (χ2v) is 6.13. The molecule has 5 nitrogen and oxygen atoms in total. The first kappa shape index (κ1) is 13.0. The highest BCUT2D eigenvalue weighted by Gasteiger charge is 2.41. The molecule has 110 valence electrons. The first-order valence-corrected chi connectivity index (χ1v) is 7.58. The molecule has 1 aromatic carbocycles. The number of aromatic nitrogens is 2. The van der Waals surface area contributed by atoms with Gasteiger partial charge in [-0.15, -0.1) is 10.2 Å². The SMILES string of the molecule is OC1CCC2CN(Cc3nnc(-c4ccccc4)o3)CC12. The van der Waals surface area contributed by atoms with Crippen LogP contribution in [-0.2, 0) is 6.54 Å². The highest BCUT2D eigenvalue weighted by Crippen LogP contribution is 2.38. The number of hydrogen-bond donors (Lipinski definition) is 1. The van der Waals surface area contributed by atoms with Gasteiger partial charge in [-0.05, 0) is 30.9 Å². The number of nitrogens with zero attached hydrogens (tertiary/aromatic N) is 3. The van der Waals surface area contributed by atoms with Gasteiger partial charge < -0.3 is 9.52 Å². The molecular weight excluding hydrogens is 266 g/mol. The summed E-state index contributed by atoms with van der Waals surface area (Å²) in [6, 6.07) is 9.82. The highest BCUT2D eigenvalue weighted by atomic mass is 16.4. The van der Waals surface area contributed by atoms with Crippen LogP contribution in [0.1, 0.15) is 18.7 Å². The van der Waals surface area contributed by atoms with Crippen molar-refractivity contribution in [2.24, 2.45) is 11.8 Å². The van der Waals surface area contributed by atoms with Crippen molar-refractivity contribution in [1.82, 2.24) is 15.1 Å². The van der Waals surface area contributed by atoms with E-state index in [-0.39, 0.29) is 6.10 Å². The van der Waals surface area contributed by atoms with Gasteiger partial charge in [0, 0.05) is 24.6 Å². The molecule has 1 N–H and O–H groups in total. The van der Waals surface area contributed by atoms with E-state index in [0.717, 1.165) is 31.5 Å². The van der Waals surface area contributed by atoms with Gasteiger partial charge in [0.25, 0.3) is 0 Å². The molecule has 1 saturated heterocycles. The molecule has 1 aromatic heterocycles. The number of benzene rings is 1. The van der Waals surface area contributed by atoms with E-state index >= 15 is 0 Å². The quantitative estimate of drug-likeness (QED) is 0.933. The van der Waals surface area contributed by atoms with E-state index in [9.17, 15) is 5.11 Å². The van der Waals surface area contributed by atoms with Crippen LogP contribution in [-0.4, -0.2) is 39.4 Å². The van der Waals surface area contributed by atoms with Crippen LogP contribution in [0.4, 0.5) is 0 Å². The minimum Gasteiger partial charge on any atom is -0.419 e. The number of rotatable bonds is 3. The van der Waals surface area contributed by atoms with Crippen LogP contribution in [0.2, 0.25) is 0 Å². The van der Waals surface area contributed by atoms with Crippen molar-refractivity contribution in [3.05, 3.63) is 36.2 Å². The molecule has 0 spiro atoms. The van der Waals surface area contributed by atoms with E-state index in [1.54, 1.807) is 0 Å². The maximum absolute atomic E-state index is 9.96. The molecule has 0 bridgehead atoms. The molecule has 2 heterocycles. The van der Waals surface area contributed by atoms with Crippen LogP contribution in [0.5, 0.6) is 0 Å². The van der Waals surface area contributed by atoms with Crippen molar-refractivity contribution >= 4 is 0 Å². The molecule has 0 amide bonds. The molecular formula is C16H19N3O2. The zero-order valence-electron chi connectivity index (χ0n) is 11.9. The minimum atomic E-state index is -0.123. The number of aliphatic hydroxyl groups excluding tert-OH is 1. The van der Waals surface area contributed by atoms with Gasteiger partial charge in [0.1, 0.15) is 0 Å². The summed E-state index contributed by atoms with van der Waals surface area (Å²) in [6.45, 7) is 2.65. The molecule has 2 aromatic rings. The van der Waals surface area contributed by atoms with Crippen molar-refractivity contribution in [1.29, 1.82) is 0 Å². The van der Waals surface area contributed by atoms with Crippen molar-refractivity contribution in [2.75, 3.05) is 13.1 Å². The Morgan fingerprint density at radius 1 is 1.14 bits per heavy atom. The molecule has 5 heteroatoms. The summed E-state index contributed by atoms with van der Waals surface area (Å²) in [5.41, 5.74) is 0.949. The fourth-order valence-corrected chi connectivity index (χ4v) is 3.66. The topological polar surface area (TPSA) is 62.4 Å². The smallest absolute Gasteiger partial charge is 0.247 e. The lowest BCUT2D eigenvalue weighted by Crippen LogP contribution is -2.24. The predicted octanol–water partition coefficient (Wildman–Crippen LogP) is 1.94. The molecule has 1 aliphatic carbocycles. The fourth-order valence-electron chi connectivity index (χ4n) is 3.66. The zero-order chi connectivity index (χ0) is 14.2. The van der Waals surface area contributed by atoms with Crippen molar-refractivity contribution in [3.63, 3.8) is 0 Å². The van der Waals surface area contributed by atoms with Crippen LogP contribution in [0.3, 0.4) is 0 Å². The minimum absolute atomic E-state index is 0.123. The van der Waals surface area contributed by atoms with Gasteiger partial charge >= 0.3 is 0 Å². The second-order valence-electron chi connectivity index (χ2n) is 6.13. The highest BCUT2D eigenvalue weighted by molar-refractivity contribution is 5.51. The third-order valence-electron chi connectivity index (χ3n) is 4.74. The number of aliphatic hydroxyl groups is 1. The Balaban J connectivity index is 1.44. The lowest BCUT2D eigenvalue weighted by molar-refractivity contribution is 0.122. The van der Waals surface area contributed by atoms with Gasteiger partial charge in [0.05, 0.1) is 12.6 Å². The summed E-state index contributed by atoms with van der Waals surface area (Å²) in [5, 5.41) is 18.2. The molecule has 1 saturated carbocycles. The molecule has 1 aliphatic heterocycles. The summed E-state index contributed by atoms with van der Waals surface area (Å²) in [6.07, 6.45) is 1.98. The summed E-state index contributed by atoms with van der Waals surface area (Å²) in [5.74, 6) is 2.30. The Bertz CT molecular complexity index is 613. The normalized spacial score (nSPS) is 28.9. The third-order valence-corrected chi connectivity index (χ3v) is 4.74. The van der Waals surface area contributed by atoms with Crippen molar-refractivity contribution < 1.29 is 9.52 Å². The number of hydrogen-bond acceptors (Lipinski definition) is 5. The standard InChI is InChI=1S/C16H19N3O2/c20-14-7-6-12-8-19(9-13(12)14)10-15-17-18-16(21-15)11-4-2-1-3-5-11/h1-5,12-14,20H,6-10H2. The maximum Gasteiger partial charge on any atom is 0.247 e. The Morgan fingerprint density at radius 2 is 2.00 bits per heavy atom. The molecule has 0 radical (unpaired) electrons. The van der Waals surface area contributed by atoms with E-state index in [0.29, 0.717) is 30.2 Å². The Hall–Kier alpha value is -1.72. The Kier molecular flexibility index (Phi) is 3.24. The largest absolute Gasteiger partial charge is 0.419 e. The van der Waals surface area contributed by atoms with Gasteiger partial charge in [-0.2, -0.15) is 0 Å². The predicted molar refractivity (Wildman–Crippen MR) is 77.2 cm³/mol. The molecule has 2 fully saturated rings. The van der Waals surface area contributed by atoms with E-state index in [4.69, 9.17) is 4.42 Å². The van der Waals surface area contributed by atoms with Crippen molar-refractivity contribution in [2.45, 2.75) is 25.5 Å². The first-order chi connectivity index (χ1) is 10.3. The lowest BCUT2D eigenvalue weighted by atomic mass is 10.00. The summed E-state index contributed by atoms with van der Waals surface area (Å²) in [4.78, 5) is 2.32. The average molecular weight is 285 g/mol. The van der Waals surface area contributed by atoms with E-state index in [1.807, 2.05) is 30.3 Å². The number of likely N-dealkylation sites (tertiary alicyclic amines) is 1. The van der Waals surface area contributed by atoms with Crippen molar-refractivity contribution in [3.8, 4) is 11.5 Å². The zero-order valence-corrected chi connectivity index (χ0v) is 11.9. The molecule has 3 unspecified atom stereocenters. The maximum atomic E-state index is 9.96. The Labute approximate surface area is 123 Å². The van der Waals surface area contributed by atoms with Crippen LogP contribution in [0, 0.1) is 11.8 Å². The van der Waals surface area contributed by atoms with Gasteiger partial charge in [-0.1, -0.05) is 18.2 Å². The lowest BCUT2D eigenvalue weighted by Gasteiger charge is -2.15. The average Bonchev–Trinajstić information content (AvgIpc) is 3.19. The van der Waals surface area contributed by atoms with Gasteiger partial charge in [0.15, 0.2) is 0 Å². The van der Waals surface area contributed by atoms with E-state index < -0.39 is 0 Å². The fraction of sp³-hybridized carbons (Fsp3) is 0.500. The van der Waals surface area contributed by atoms with Gasteiger partial charge in [0.2, 0.25) is 11.8 Å². The molecule has 4 rings (SSSR count). The first-order valence-electron chi connectivity index (χ1n) is 7.58. The van der Waals surface area contributed by atoms with E-state index in [1.165, 1.54) is 0 Å². The van der Waals surface area contributed by atoms with Crippen LogP contribution < -0.4 is 0 Å². The van der Waals surface area contributed by atoms with E-state index in [2.05, 4.69) is 15.1 Å². The summed E-state index contributed by atoms with van der Waals surface area (Å²) in [7, 11) is 0. The molecule has 2 aliphatic rings. The van der Waals surface area contributed by atoms with Crippen LogP contribution in [0.25, 0.3) is 11.5 Å². The molecule has 3 atom stereocenters. The number of fused-ring (bicyclic) bond motifs is 1. The van der Waals surface area contributed by atoms with Crippen LogP contribution in [0.15, 0.2) is 34.7 Å².